The molecule has 19 heavy (non-hydrogen) atoms. The second-order valence-electron chi connectivity index (χ2n) is 4.12. The maximum absolute atomic E-state index is 12.9. The van der Waals surface area contributed by atoms with Gasteiger partial charge in [-0.15, -0.1) is 0 Å². The minimum atomic E-state index is -3.42. The van der Waals surface area contributed by atoms with Gasteiger partial charge in [-0.1, -0.05) is 11.6 Å². The van der Waals surface area contributed by atoms with Crippen molar-refractivity contribution in [2.75, 3.05) is 11.9 Å². The van der Waals surface area contributed by atoms with Crippen LogP contribution < -0.4 is 5.32 Å². The van der Waals surface area contributed by atoms with Gasteiger partial charge in [-0.2, -0.15) is 14.0 Å². The Bertz CT molecular complexity index is 557. The van der Waals surface area contributed by atoms with E-state index in [1.807, 2.05) is 6.07 Å². The van der Waals surface area contributed by atoms with Gasteiger partial charge in [0.25, 0.3) is 0 Å². The molecule has 0 aromatic heterocycles. The van der Waals surface area contributed by atoms with Crippen LogP contribution in [0.25, 0.3) is 0 Å². The molecule has 1 fully saturated rings. The lowest BCUT2D eigenvalue weighted by Crippen LogP contribution is -2.22. The first kappa shape index (κ1) is 13.6. The van der Waals surface area contributed by atoms with Crippen molar-refractivity contribution in [3.05, 3.63) is 28.8 Å². The van der Waals surface area contributed by atoms with Gasteiger partial charge in [0.15, 0.2) is 0 Å². The Kier molecular flexibility index (Phi) is 3.58. The summed E-state index contributed by atoms with van der Waals surface area (Å²) in [7, 11) is 0. The van der Waals surface area contributed by atoms with E-state index in [4.69, 9.17) is 16.9 Å². The zero-order chi connectivity index (χ0) is 14.0. The van der Waals surface area contributed by atoms with E-state index >= 15 is 0 Å². The van der Waals surface area contributed by atoms with E-state index in [1.165, 1.54) is 6.07 Å². The van der Waals surface area contributed by atoms with E-state index in [2.05, 4.69) is 10.1 Å². The first-order valence-electron chi connectivity index (χ1n) is 5.45. The molecule has 0 radical (unpaired) electrons. The molecule has 0 bridgehead atoms. The Balaban J connectivity index is 1.97. The number of carbonyl (C=O) groups is 1. The predicted octanol–water partition coefficient (Wildman–Crippen LogP) is 2.57. The fraction of sp³-hybridized carbons (Fsp3) is 0.333. The normalized spacial score (nSPS) is 20.7. The molecule has 0 saturated carbocycles. The van der Waals surface area contributed by atoms with Gasteiger partial charge in [-0.05, 0) is 18.2 Å². The third kappa shape index (κ3) is 2.93. The van der Waals surface area contributed by atoms with Gasteiger partial charge in [0.2, 0.25) is 0 Å². The van der Waals surface area contributed by atoms with Gasteiger partial charge < -0.3 is 10.1 Å². The maximum Gasteiger partial charge on any atom is 0.377 e. The van der Waals surface area contributed by atoms with Crippen LogP contribution in [0.5, 0.6) is 0 Å². The molecule has 1 N–H and O–H groups in total. The van der Waals surface area contributed by atoms with Crippen LogP contribution in [-0.4, -0.2) is 24.5 Å². The summed E-state index contributed by atoms with van der Waals surface area (Å²) in [5, 5.41) is 11.8. The molecule has 1 unspecified atom stereocenters. The molecular weight excluding hydrogens is 278 g/mol. The first-order chi connectivity index (χ1) is 8.92. The summed E-state index contributed by atoms with van der Waals surface area (Å²) in [5.74, 6) is -4.91. The first-order valence-corrected chi connectivity index (χ1v) is 5.82. The van der Waals surface area contributed by atoms with Crippen molar-refractivity contribution >= 4 is 23.3 Å². The van der Waals surface area contributed by atoms with Crippen LogP contribution in [0, 0.1) is 11.3 Å². The molecule has 1 saturated heterocycles. The Labute approximate surface area is 112 Å². The van der Waals surface area contributed by atoms with Crippen molar-refractivity contribution < 1.29 is 18.3 Å². The Morgan fingerprint density at radius 2 is 2.32 bits per heavy atom. The average molecular weight is 287 g/mol. The third-order valence-corrected chi connectivity index (χ3v) is 2.99. The molecule has 0 aliphatic carbocycles. The van der Waals surface area contributed by atoms with Crippen LogP contribution in [0.4, 0.5) is 14.5 Å². The van der Waals surface area contributed by atoms with Crippen LogP contribution in [0.15, 0.2) is 18.2 Å². The number of hydrogen-bond donors (Lipinski definition) is 1. The maximum atomic E-state index is 12.9. The van der Waals surface area contributed by atoms with Crippen molar-refractivity contribution in [2.45, 2.75) is 18.4 Å². The predicted molar refractivity (Wildman–Crippen MR) is 64.1 cm³/mol. The molecule has 4 nitrogen and oxygen atoms in total. The molecule has 0 spiro atoms. The zero-order valence-corrected chi connectivity index (χ0v) is 10.4. The lowest BCUT2D eigenvalue weighted by molar-refractivity contribution is -0.158. The fourth-order valence-corrected chi connectivity index (χ4v) is 1.96. The smallest absolute Gasteiger partial charge is 0.377 e. The van der Waals surface area contributed by atoms with Gasteiger partial charge >= 0.3 is 11.9 Å². The summed E-state index contributed by atoms with van der Waals surface area (Å²) in [6.07, 6.45) is -1.54. The van der Waals surface area contributed by atoms with E-state index < -0.39 is 24.4 Å². The standard InChI is InChI=1S/C12H9ClF2N2O2/c13-9-3-7(5-16)1-2-10(9)17-6-8-4-12(14,15)11(18)19-8/h1-3,8,17H,4,6H2. The lowest BCUT2D eigenvalue weighted by atomic mass is 10.2. The lowest BCUT2D eigenvalue weighted by Gasteiger charge is -2.12. The molecule has 1 aliphatic heterocycles. The summed E-state index contributed by atoms with van der Waals surface area (Å²) in [4.78, 5) is 10.8. The summed E-state index contributed by atoms with van der Waals surface area (Å²) in [5.41, 5.74) is 0.890. The SMILES string of the molecule is N#Cc1ccc(NCC2CC(F)(F)C(=O)O2)c(Cl)c1. The highest BCUT2D eigenvalue weighted by molar-refractivity contribution is 6.33. The molecule has 1 aliphatic rings. The van der Waals surface area contributed by atoms with E-state index in [0.29, 0.717) is 16.3 Å². The minimum absolute atomic E-state index is 0.0347. The number of alkyl halides is 2. The Morgan fingerprint density at radius 3 is 2.84 bits per heavy atom. The molecule has 2 rings (SSSR count). The van der Waals surface area contributed by atoms with Crippen molar-refractivity contribution in [2.24, 2.45) is 0 Å². The Morgan fingerprint density at radius 1 is 1.58 bits per heavy atom. The quantitative estimate of drug-likeness (QED) is 0.868. The second kappa shape index (κ2) is 5.02. The van der Waals surface area contributed by atoms with Crippen LogP contribution in [0.2, 0.25) is 5.02 Å². The van der Waals surface area contributed by atoms with Crippen molar-refractivity contribution in [3.63, 3.8) is 0 Å². The molecule has 7 heteroatoms. The summed E-state index contributed by atoms with van der Waals surface area (Å²) >= 11 is 5.91. The molecular formula is C12H9ClF2N2O2. The van der Waals surface area contributed by atoms with Crippen LogP contribution in [0.3, 0.4) is 0 Å². The van der Waals surface area contributed by atoms with Crippen LogP contribution >= 0.6 is 11.6 Å². The van der Waals surface area contributed by atoms with Gasteiger partial charge in [-0.25, -0.2) is 4.79 Å². The van der Waals surface area contributed by atoms with E-state index in [1.54, 1.807) is 12.1 Å². The largest absolute Gasteiger partial charge is 0.456 e. The average Bonchev–Trinajstić information content (AvgIpc) is 2.61. The second-order valence-corrected chi connectivity index (χ2v) is 4.53. The third-order valence-electron chi connectivity index (χ3n) is 2.67. The van der Waals surface area contributed by atoms with Crippen LogP contribution in [0.1, 0.15) is 12.0 Å². The molecule has 0 amide bonds. The number of halogens is 3. The highest BCUT2D eigenvalue weighted by Crippen LogP contribution is 2.31. The number of cyclic esters (lactones) is 1. The van der Waals surface area contributed by atoms with Crippen LogP contribution in [-0.2, 0) is 9.53 Å². The topological polar surface area (TPSA) is 62.1 Å². The van der Waals surface area contributed by atoms with E-state index in [9.17, 15) is 13.6 Å². The summed E-state index contributed by atoms with van der Waals surface area (Å²) in [6.45, 7) is 0.0347. The van der Waals surface area contributed by atoms with E-state index in [-0.39, 0.29) is 6.54 Å². The van der Waals surface area contributed by atoms with Gasteiger partial charge in [0, 0.05) is 0 Å². The molecule has 1 aromatic rings. The summed E-state index contributed by atoms with van der Waals surface area (Å²) < 4.78 is 30.4. The summed E-state index contributed by atoms with van der Waals surface area (Å²) in [6, 6.07) is 6.50. The van der Waals surface area contributed by atoms with Crippen molar-refractivity contribution in [1.82, 2.24) is 0 Å². The van der Waals surface area contributed by atoms with Crippen molar-refractivity contribution in [3.8, 4) is 6.07 Å². The molecule has 1 atom stereocenters. The molecule has 100 valence electrons. The molecule has 1 aromatic carbocycles. The number of nitriles is 1. The highest BCUT2D eigenvalue weighted by atomic mass is 35.5. The number of esters is 1. The Hall–Kier alpha value is -1.87. The van der Waals surface area contributed by atoms with Gasteiger partial charge in [0.1, 0.15) is 6.10 Å². The molecule has 1 heterocycles. The van der Waals surface area contributed by atoms with Crippen molar-refractivity contribution in [1.29, 1.82) is 5.26 Å². The number of benzene rings is 1. The minimum Gasteiger partial charge on any atom is -0.456 e. The highest BCUT2D eigenvalue weighted by Gasteiger charge is 2.50. The number of nitrogens with zero attached hydrogens (tertiary/aromatic N) is 1. The number of ether oxygens (including phenoxy) is 1. The number of carbonyl (C=O) groups excluding carboxylic acids is 1. The monoisotopic (exact) mass is 286 g/mol. The zero-order valence-electron chi connectivity index (χ0n) is 9.62. The van der Waals surface area contributed by atoms with Gasteiger partial charge in [0.05, 0.1) is 35.3 Å². The number of anilines is 1. The number of nitrogens with one attached hydrogen (secondary N) is 1. The fourth-order valence-electron chi connectivity index (χ4n) is 1.71. The van der Waals surface area contributed by atoms with E-state index in [0.717, 1.165) is 0 Å². The number of rotatable bonds is 3. The van der Waals surface area contributed by atoms with Gasteiger partial charge in [-0.3, -0.25) is 0 Å². The number of hydrogen-bond acceptors (Lipinski definition) is 4.